The van der Waals surface area contributed by atoms with Gasteiger partial charge in [0.25, 0.3) is 0 Å². The molecule has 3 heteroatoms. The Morgan fingerprint density at radius 3 is 2.50 bits per heavy atom. The summed E-state index contributed by atoms with van der Waals surface area (Å²) in [5, 5.41) is 10.6. The van der Waals surface area contributed by atoms with Crippen molar-refractivity contribution >= 4 is 11.6 Å². The lowest BCUT2D eigenvalue weighted by Crippen LogP contribution is -2.11. The first-order valence-electron chi connectivity index (χ1n) is 5.35. The van der Waals surface area contributed by atoms with Crippen molar-refractivity contribution in [2.45, 2.75) is 33.3 Å². The Morgan fingerprint density at radius 2 is 2.00 bits per heavy atom. The lowest BCUT2D eigenvalue weighted by Gasteiger charge is -2.22. The van der Waals surface area contributed by atoms with Gasteiger partial charge in [0.2, 0.25) is 0 Å². The first-order valence-corrected chi connectivity index (χ1v) is 5.73. The van der Waals surface area contributed by atoms with Gasteiger partial charge in [0.05, 0.1) is 18.2 Å². The van der Waals surface area contributed by atoms with Crippen LogP contribution in [0.25, 0.3) is 0 Å². The third-order valence-corrected chi connectivity index (χ3v) is 2.68. The highest BCUT2D eigenvalue weighted by Gasteiger charge is 2.18. The van der Waals surface area contributed by atoms with E-state index in [1.807, 2.05) is 6.07 Å². The van der Waals surface area contributed by atoms with Gasteiger partial charge in [-0.1, -0.05) is 38.4 Å². The van der Waals surface area contributed by atoms with Crippen LogP contribution in [0, 0.1) is 5.41 Å². The molecule has 0 saturated carbocycles. The number of aliphatic hydroxyl groups is 1. The van der Waals surface area contributed by atoms with Gasteiger partial charge in [-0.2, -0.15) is 0 Å². The standard InChI is InChI=1S/C13H19ClO2/c1-13(2,3)8-11(15)9-5-6-10(14)12(7-9)16-4/h5-7,11,15H,8H2,1-4H3. The molecule has 0 fully saturated rings. The van der Waals surface area contributed by atoms with Crippen LogP contribution in [-0.4, -0.2) is 12.2 Å². The normalized spacial score (nSPS) is 13.6. The quantitative estimate of drug-likeness (QED) is 0.873. The molecule has 90 valence electrons. The second-order valence-electron chi connectivity index (χ2n) is 5.17. The van der Waals surface area contributed by atoms with Crippen LogP contribution in [-0.2, 0) is 0 Å². The van der Waals surface area contributed by atoms with Gasteiger partial charge in [-0.15, -0.1) is 0 Å². The third kappa shape index (κ3) is 3.69. The van der Waals surface area contributed by atoms with Gasteiger partial charge in [0.1, 0.15) is 5.75 Å². The number of hydrogen-bond acceptors (Lipinski definition) is 2. The van der Waals surface area contributed by atoms with Crippen LogP contribution in [0.2, 0.25) is 5.02 Å². The van der Waals surface area contributed by atoms with Gasteiger partial charge in [0, 0.05) is 0 Å². The van der Waals surface area contributed by atoms with Crippen molar-refractivity contribution in [1.82, 2.24) is 0 Å². The molecule has 2 nitrogen and oxygen atoms in total. The van der Waals surface area contributed by atoms with Crippen LogP contribution in [0.4, 0.5) is 0 Å². The van der Waals surface area contributed by atoms with Crippen LogP contribution in [0.3, 0.4) is 0 Å². The molecule has 0 aliphatic rings. The maximum Gasteiger partial charge on any atom is 0.137 e. The Kier molecular flexibility index (Phi) is 4.22. The molecule has 1 unspecified atom stereocenters. The minimum absolute atomic E-state index is 0.0896. The van der Waals surface area contributed by atoms with Crippen molar-refractivity contribution in [3.8, 4) is 5.75 Å². The minimum atomic E-state index is -0.480. The SMILES string of the molecule is COc1cc(C(O)CC(C)(C)C)ccc1Cl. The van der Waals surface area contributed by atoms with Crippen molar-refractivity contribution in [2.75, 3.05) is 7.11 Å². The van der Waals surface area contributed by atoms with E-state index in [-0.39, 0.29) is 5.41 Å². The highest BCUT2D eigenvalue weighted by molar-refractivity contribution is 6.32. The van der Waals surface area contributed by atoms with Crippen molar-refractivity contribution in [2.24, 2.45) is 5.41 Å². The second kappa shape index (κ2) is 5.07. The zero-order valence-corrected chi connectivity index (χ0v) is 11.0. The molecule has 0 aliphatic heterocycles. The number of halogens is 1. The molecule has 0 heterocycles. The van der Waals surface area contributed by atoms with E-state index in [4.69, 9.17) is 16.3 Å². The van der Waals surface area contributed by atoms with Gasteiger partial charge in [0.15, 0.2) is 0 Å². The van der Waals surface area contributed by atoms with E-state index in [1.165, 1.54) is 0 Å². The van der Waals surface area contributed by atoms with E-state index in [1.54, 1.807) is 19.2 Å². The monoisotopic (exact) mass is 242 g/mol. The molecule has 16 heavy (non-hydrogen) atoms. The highest BCUT2D eigenvalue weighted by atomic mass is 35.5. The fraction of sp³-hybridized carbons (Fsp3) is 0.538. The average Bonchev–Trinajstić information content (AvgIpc) is 2.15. The second-order valence-corrected chi connectivity index (χ2v) is 5.58. The van der Waals surface area contributed by atoms with E-state index >= 15 is 0 Å². The van der Waals surface area contributed by atoms with E-state index in [9.17, 15) is 5.11 Å². The first-order chi connectivity index (χ1) is 7.33. The largest absolute Gasteiger partial charge is 0.495 e. The molecule has 1 N–H and O–H groups in total. The van der Waals surface area contributed by atoms with Gasteiger partial charge >= 0.3 is 0 Å². The maximum absolute atomic E-state index is 10.1. The van der Waals surface area contributed by atoms with E-state index in [0.29, 0.717) is 17.2 Å². The summed E-state index contributed by atoms with van der Waals surface area (Å²) >= 11 is 5.93. The Labute approximate surface area is 102 Å². The topological polar surface area (TPSA) is 29.5 Å². The smallest absolute Gasteiger partial charge is 0.137 e. The number of benzene rings is 1. The van der Waals surface area contributed by atoms with E-state index in [0.717, 1.165) is 5.56 Å². The third-order valence-electron chi connectivity index (χ3n) is 2.37. The first kappa shape index (κ1) is 13.3. The fourth-order valence-electron chi connectivity index (χ4n) is 1.58. The van der Waals surface area contributed by atoms with Gasteiger partial charge in [-0.3, -0.25) is 0 Å². The Bertz CT molecular complexity index is 355. The molecule has 1 aromatic carbocycles. The molecular weight excluding hydrogens is 224 g/mol. The van der Waals surface area contributed by atoms with Crippen molar-refractivity contribution in [3.63, 3.8) is 0 Å². The number of aliphatic hydroxyl groups excluding tert-OH is 1. The molecule has 0 aliphatic carbocycles. The zero-order chi connectivity index (χ0) is 12.3. The molecule has 0 amide bonds. The van der Waals surface area contributed by atoms with Crippen LogP contribution in [0.1, 0.15) is 38.9 Å². The van der Waals surface area contributed by atoms with E-state index in [2.05, 4.69) is 20.8 Å². The molecule has 1 rings (SSSR count). The summed E-state index contributed by atoms with van der Waals surface area (Å²) in [4.78, 5) is 0. The lowest BCUT2D eigenvalue weighted by molar-refractivity contribution is 0.122. The molecule has 0 saturated heterocycles. The summed E-state index contributed by atoms with van der Waals surface area (Å²) in [7, 11) is 1.57. The number of hydrogen-bond donors (Lipinski definition) is 1. The van der Waals surface area contributed by atoms with Crippen molar-refractivity contribution in [1.29, 1.82) is 0 Å². The number of rotatable bonds is 3. The van der Waals surface area contributed by atoms with Crippen LogP contribution >= 0.6 is 11.6 Å². The summed E-state index contributed by atoms with van der Waals surface area (Å²) in [6.07, 6.45) is 0.226. The Hall–Kier alpha value is -0.730. The van der Waals surface area contributed by atoms with Crippen LogP contribution in [0.15, 0.2) is 18.2 Å². The molecule has 1 atom stereocenters. The molecule has 0 bridgehead atoms. The fourth-order valence-corrected chi connectivity index (χ4v) is 1.78. The minimum Gasteiger partial charge on any atom is -0.495 e. The van der Waals surface area contributed by atoms with Crippen LogP contribution in [0.5, 0.6) is 5.75 Å². The van der Waals surface area contributed by atoms with E-state index < -0.39 is 6.10 Å². The maximum atomic E-state index is 10.1. The summed E-state index contributed by atoms with van der Waals surface area (Å²) in [5.41, 5.74) is 0.933. The predicted molar refractivity (Wildman–Crippen MR) is 67.0 cm³/mol. The zero-order valence-electron chi connectivity index (χ0n) is 10.2. The van der Waals surface area contributed by atoms with Gasteiger partial charge in [-0.05, 0) is 29.5 Å². The number of ether oxygens (including phenoxy) is 1. The summed E-state index contributed by atoms with van der Waals surface area (Å²) in [6.45, 7) is 6.30. The Balaban J connectivity index is 2.88. The average molecular weight is 243 g/mol. The number of methoxy groups -OCH3 is 1. The highest BCUT2D eigenvalue weighted by Crippen LogP contribution is 2.33. The summed E-state index contributed by atoms with van der Waals surface area (Å²) in [5.74, 6) is 0.604. The molecule has 0 aromatic heterocycles. The molecular formula is C13H19ClO2. The molecule has 0 radical (unpaired) electrons. The van der Waals surface area contributed by atoms with Crippen molar-refractivity contribution in [3.05, 3.63) is 28.8 Å². The van der Waals surface area contributed by atoms with Gasteiger partial charge < -0.3 is 9.84 Å². The predicted octanol–water partition coefficient (Wildman–Crippen LogP) is 3.82. The summed E-state index contributed by atoms with van der Waals surface area (Å²) < 4.78 is 5.12. The molecule has 0 spiro atoms. The molecule has 1 aromatic rings. The van der Waals surface area contributed by atoms with Gasteiger partial charge in [-0.25, -0.2) is 0 Å². The van der Waals surface area contributed by atoms with Crippen molar-refractivity contribution < 1.29 is 9.84 Å². The lowest BCUT2D eigenvalue weighted by atomic mass is 9.87. The Morgan fingerprint density at radius 1 is 1.38 bits per heavy atom. The summed E-state index contributed by atoms with van der Waals surface area (Å²) in [6, 6.07) is 5.38. The van der Waals surface area contributed by atoms with Crippen LogP contribution < -0.4 is 4.74 Å².